The lowest BCUT2D eigenvalue weighted by atomic mass is 10.1. The van der Waals surface area contributed by atoms with Gasteiger partial charge in [0.25, 0.3) is 0 Å². The number of guanidine groups is 1. The SMILES string of the molecule is CCNC(=NCc1cc(N(C)C)nc2ccccc12)N1CC[C@@H](O)C1.I. The molecule has 0 amide bonds. The van der Waals surface area contributed by atoms with Crippen molar-refractivity contribution in [3.63, 3.8) is 0 Å². The van der Waals surface area contributed by atoms with E-state index < -0.39 is 0 Å². The number of halogens is 1. The number of aliphatic imine (C=N–C) groups is 1. The third kappa shape index (κ3) is 4.76. The molecule has 0 saturated carbocycles. The van der Waals surface area contributed by atoms with Crippen LogP contribution in [0.25, 0.3) is 10.9 Å². The Balaban J connectivity index is 0.00000243. The van der Waals surface area contributed by atoms with Gasteiger partial charge in [-0.2, -0.15) is 0 Å². The van der Waals surface area contributed by atoms with E-state index in [9.17, 15) is 5.11 Å². The number of nitrogens with zero attached hydrogens (tertiary/aromatic N) is 4. The molecule has 0 unspecified atom stereocenters. The number of benzene rings is 1. The minimum absolute atomic E-state index is 0. The van der Waals surface area contributed by atoms with E-state index in [4.69, 9.17) is 9.98 Å². The van der Waals surface area contributed by atoms with Crippen molar-refractivity contribution in [1.82, 2.24) is 15.2 Å². The molecule has 7 heteroatoms. The number of aliphatic hydroxyl groups excluding tert-OH is 1. The number of aliphatic hydroxyl groups is 1. The van der Waals surface area contributed by atoms with Crippen LogP contribution in [-0.4, -0.2) is 60.8 Å². The van der Waals surface area contributed by atoms with Gasteiger partial charge in [0.1, 0.15) is 5.82 Å². The Kier molecular flexibility index (Phi) is 7.45. The first-order valence-electron chi connectivity index (χ1n) is 8.85. The van der Waals surface area contributed by atoms with Crippen LogP contribution in [0.5, 0.6) is 0 Å². The molecule has 0 radical (unpaired) electrons. The summed E-state index contributed by atoms with van der Waals surface area (Å²) in [4.78, 5) is 13.7. The van der Waals surface area contributed by atoms with Gasteiger partial charge in [-0.1, -0.05) is 18.2 Å². The highest BCUT2D eigenvalue weighted by Crippen LogP contribution is 2.23. The average molecular weight is 469 g/mol. The van der Waals surface area contributed by atoms with E-state index in [1.54, 1.807) is 0 Å². The fourth-order valence-electron chi connectivity index (χ4n) is 3.11. The zero-order chi connectivity index (χ0) is 17.8. The first kappa shape index (κ1) is 20.7. The summed E-state index contributed by atoms with van der Waals surface area (Å²) in [5.74, 6) is 1.80. The monoisotopic (exact) mass is 469 g/mol. The minimum atomic E-state index is -0.258. The van der Waals surface area contributed by atoms with E-state index in [1.165, 1.54) is 0 Å². The number of hydrogen-bond acceptors (Lipinski definition) is 4. The highest BCUT2D eigenvalue weighted by atomic mass is 127. The molecule has 1 aliphatic heterocycles. The Morgan fingerprint density at radius 2 is 2.15 bits per heavy atom. The van der Waals surface area contributed by atoms with E-state index in [-0.39, 0.29) is 30.1 Å². The molecule has 1 aromatic carbocycles. The maximum absolute atomic E-state index is 9.80. The predicted molar refractivity (Wildman–Crippen MR) is 118 cm³/mol. The van der Waals surface area contributed by atoms with Crippen molar-refractivity contribution in [3.8, 4) is 0 Å². The van der Waals surface area contributed by atoms with Gasteiger partial charge in [0.15, 0.2) is 5.96 Å². The molecule has 6 nitrogen and oxygen atoms in total. The Hall–Kier alpha value is -1.61. The second-order valence-corrected chi connectivity index (χ2v) is 6.61. The van der Waals surface area contributed by atoms with Crippen molar-refractivity contribution in [2.24, 2.45) is 4.99 Å². The number of aromatic nitrogens is 1. The van der Waals surface area contributed by atoms with Crippen LogP contribution < -0.4 is 10.2 Å². The summed E-state index contributed by atoms with van der Waals surface area (Å²) in [5, 5.41) is 14.3. The lowest BCUT2D eigenvalue weighted by Gasteiger charge is -2.21. The largest absolute Gasteiger partial charge is 0.391 e. The first-order valence-corrected chi connectivity index (χ1v) is 8.85. The van der Waals surface area contributed by atoms with Crippen molar-refractivity contribution >= 4 is 46.7 Å². The van der Waals surface area contributed by atoms with Crippen LogP contribution in [0.15, 0.2) is 35.3 Å². The van der Waals surface area contributed by atoms with Crippen LogP contribution in [0.2, 0.25) is 0 Å². The second-order valence-electron chi connectivity index (χ2n) is 6.61. The van der Waals surface area contributed by atoms with E-state index in [0.717, 1.165) is 47.8 Å². The van der Waals surface area contributed by atoms with Crippen LogP contribution in [0, 0.1) is 0 Å². The molecular weight excluding hydrogens is 441 g/mol. The topological polar surface area (TPSA) is 64.0 Å². The number of likely N-dealkylation sites (tertiary alicyclic amines) is 1. The molecule has 0 bridgehead atoms. The number of pyridine rings is 1. The molecule has 142 valence electrons. The first-order chi connectivity index (χ1) is 12.1. The summed E-state index contributed by atoms with van der Waals surface area (Å²) in [7, 11) is 4.00. The Bertz CT molecular complexity index is 765. The van der Waals surface area contributed by atoms with Gasteiger partial charge < -0.3 is 20.2 Å². The van der Waals surface area contributed by atoms with Crippen molar-refractivity contribution in [3.05, 3.63) is 35.9 Å². The number of hydrogen-bond donors (Lipinski definition) is 2. The summed E-state index contributed by atoms with van der Waals surface area (Å²) in [5.41, 5.74) is 2.14. The number of para-hydroxylation sites is 1. The average Bonchev–Trinajstić information content (AvgIpc) is 3.04. The summed E-state index contributed by atoms with van der Waals surface area (Å²) in [6, 6.07) is 10.3. The van der Waals surface area contributed by atoms with Crippen LogP contribution >= 0.6 is 24.0 Å². The lowest BCUT2D eigenvalue weighted by Crippen LogP contribution is -2.40. The van der Waals surface area contributed by atoms with Crippen molar-refractivity contribution in [2.75, 3.05) is 38.6 Å². The summed E-state index contributed by atoms with van der Waals surface area (Å²) < 4.78 is 0. The van der Waals surface area contributed by atoms with Crippen LogP contribution in [-0.2, 0) is 6.54 Å². The molecule has 26 heavy (non-hydrogen) atoms. The molecule has 2 aromatic rings. The third-order valence-electron chi connectivity index (χ3n) is 4.44. The molecule has 0 aliphatic carbocycles. The number of anilines is 1. The standard InChI is InChI=1S/C19H27N5O.HI/c1-4-20-19(24-10-9-15(25)13-24)21-12-14-11-18(23(2)3)22-17-8-6-5-7-16(14)17;/h5-8,11,15,25H,4,9-10,12-13H2,1-3H3,(H,20,21);1H/t15-;/m1./s1. The number of β-amino-alcohol motifs (C(OH)–C–C–N with tert-alkyl or cyclic N) is 1. The van der Waals surface area contributed by atoms with Gasteiger partial charge in [-0.05, 0) is 31.0 Å². The predicted octanol–water partition coefficient (Wildman–Crippen LogP) is 2.45. The molecule has 1 saturated heterocycles. The van der Waals surface area contributed by atoms with Gasteiger partial charge >= 0.3 is 0 Å². The van der Waals surface area contributed by atoms with Gasteiger partial charge in [-0.3, -0.25) is 0 Å². The van der Waals surface area contributed by atoms with Gasteiger partial charge in [-0.15, -0.1) is 24.0 Å². The van der Waals surface area contributed by atoms with E-state index >= 15 is 0 Å². The van der Waals surface area contributed by atoms with Gasteiger partial charge in [0.05, 0.1) is 18.2 Å². The van der Waals surface area contributed by atoms with Gasteiger partial charge in [0.2, 0.25) is 0 Å². The maximum atomic E-state index is 9.80. The molecule has 1 atom stereocenters. The van der Waals surface area contributed by atoms with Gasteiger partial charge in [0, 0.05) is 39.1 Å². The number of nitrogens with one attached hydrogen (secondary N) is 1. The normalized spacial score (nSPS) is 17.3. The van der Waals surface area contributed by atoms with Crippen molar-refractivity contribution < 1.29 is 5.11 Å². The number of rotatable bonds is 4. The fraction of sp³-hybridized carbons (Fsp3) is 0.474. The number of fused-ring (bicyclic) bond motifs is 1. The Labute approximate surface area is 172 Å². The minimum Gasteiger partial charge on any atom is -0.391 e. The molecule has 2 heterocycles. The molecule has 3 rings (SSSR count). The molecule has 1 fully saturated rings. The Morgan fingerprint density at radius 1 is 1.38 bits per heavy atom. The maximum Gasteiger partial charge on any atom is 0.194 e. The van der Waals surface area contributed by atoms with Crippen LogP contribution in [0.4, 0.5) is 5.82 Å². The molecule has 1 aliphatic rings. The highest BCUT2D eigenvalue weighted by Gasteiger charge is 2.22. The molecular formula is C19H28IN5O. The zero-order valence-electron chi connectivity index (χ0n) is 15.6. The summed E-state index contributed by atoms with van der Waals surface area (Å²) >= 11 is 0. The third-order valence-corrected chi connectivity index (χ3v) is 4.44. The second kappa shape index (κ2) is 9.36. The van der Waals surface area contributed by atoms with Gasteiger partial charge in [-0.25, -0.2) is 9.98 Å². The van der Waals surface area contributed by atoms with Crippen LogP contribution in [0.1, 0.15) is 18.9 Å². The van der Waals surface area contributed by atoms with Crippen molar-refractivity contribution in [1.29, 1.82) is 0 Å². The van der Waals surface area contributed by atoms with Crippen molar-refractivity contribution in [2.45, 2.75) is 26.0 Å². The molecule has 2 N–H and O–H groups in total. The lowest BCUT2D eigenvalue weighted by molar-refractivity contribution is 0.188. The summed E-state index contributed by atoms with van der Waals surface area (Å²) in [6.07, 6.45) is 0.541. The quantitative estimate of drug-likeness (QED) is 0.409. The highest BCUT2D eigenvalue weighted by molar-refractivity contribution is 14.0. The van der Waals surface area contributed by atoms with E-state index in [1.807, 2.05) is 37.2 Å². The van der Waals surface area contributed by atoms with E-state index in [0.29, 0.717) is 13.1 Å². The Morgan fingerprint density at radius 3 is 2.81 bits per heavy atom. The van der Waals surface area contributed by atoms with E-state index in [2.05, 4.69) is 29.3 Å². The fourth-order valence-corrected chi connectivity index (χ4v) is 3.11. The zero-order valence-corrected chi connectivity index (χ0v) is 18.0. The molecule has 1 aromatic heterocycles. The molecule has 0 spiro atoms. The summed E-state index contributed by atoms with van der Waals surface area (Å²) in [6.45, 7) is 4.94. The smallest absolute Gasteiger partial charge is 0.194 e. The van der Waals surface area contributed by atoms with Crippen LogP contribution in [0.3, 0.4) is 0 Å².